The molecule has 2 aromatic carbocycles. The average molecular weight is 287 g/mol. The van der Waals surface area contributed by atoms with Crippen LogP contribution in [0, 0.1) is 12.7 Å². The summed E-state index contributed by atoms with van der Waals surface area (Å²) in [5, 5.41) is 4.95. The fraction of sp³-hybridized carbons (Fsp3) is 0.0667. The summed E-state index contributed by atoms with van der Waals surface area (Å²) in [6.07, 6.45) is 0. The molecule has 0 atom stereocenters. The molecule has 2 aromatic rings. The molecule has 0 aliphatic heterocycles. The van der Waals surface area contributed by atoms with Crippen molar-refractivity contribution in [1.82, 2.24) is 0 Å². The van der Waals surface area contributed by atoms with Crippen molar-refractivity contribution in [2.45, 2.75) is 6.92 Å². The molecule has 5 nitrogen and oxygen atoms in total. The molecule has 3 amide bonds. The van der Waals surface area contributed by atoms with Crippen LogP contribution in [0.4, 0.5) is 20.6 Å². The Hall–Kier alpha value is -2.89. The van der Waals surface area contributed by atoms with E-state index in [1.54, 1.807) is 31.2 Å². The maximum Gasteiger partial charge on any atom is 0.316 e. The Balaban J connectivity index is 2.17. The molecule has 0 aliphatic rings. The first-order valence-electron chi connectivity index (χ1n) is 6.20. The number of benzene rings is 2. The second-order valence-corrected chi connectivity index (χ2v) is 4.51. The third-order valence-electron chi connectivity index (χ3n) is 2.76. The smallest absolute Gasteiger partial charge is 0.316 e. The van der Waals surface area contributed by atoms with Crippen molar-refractivity contribution >= 4 is 23.3 Å². The number of nitrogens with one attached hydrogen (secondary N) is 2. The second kappa shape index (κ2) is 6.04. The van der Waals surface area contributed by atoms with Crippen molar-refractivity contribution in [3.8, 4) is 0 Å². The molecule has 0 heterocycles. The molecule has 21 heavy (non-hydrogen) atoms. The van der Waals surface area contributed by atoms with Gasteiger partial charge in [-0.1, -0.05) is 12.1 Å². The number of nitrogens with two attached hydrogens (primary N) is 1. The number of anilines is 2. The molecule has 0 aromatic heterocycles. The van der Waals surface area contributed by atoms with Crippen molar-refractivity contribution in [1.29, 1.82) is 0 Å². The highest BCUT2D eigenvalue weighted by atomic mass is 19.1. The van der Waals surface area contributed by atoms with Gasteiger partial charge in [-0.25, -0.2) is 9.18 Å². The Bertz CT molecular complexity index is 701. The van der Waals surface area contributed by atoms with Gasteiger partial charge < -0.3 is 16.4 Å². The lowest BCUT2D eigenvalue weighted by Gasteiger charge is -2.08. The number of halogens is 1. The van der Waals surface area contributed by atoms with E-state index >= 15 is 0 Å². The van der Waals surface area contributed by atoms with Gasteiger partial charge in [0.05, 0.1) is 5.56 Å². The number of rotatable bonds is 3. The monoisotopic (exact) mass is 287 g/mol. The number of carbonyl (C=O) groups is 2. The highest BCUT2D eigenvalue weighted by Crippen LogP contribution is 2.17. The molecule has 0 bridgehead atoms. The van der Waals surface area contributed by atoms with E-state index in [2.05, 4.69) is 10.6 Å². The zero-order chi connectivity index (χ0) is 15.4. The van der Waals surface area contributed by atoms with E-state index in [0.29, 0.717) is 11.4 Å². The molecule has 0 radical (unpaired) electrons. The van der Waals surface area contributed by atoms with Crippen LogP contribution in [-0.4, -0.2) is 11.9 Å². The van der Waals surface area contributed by atoms with Crippen LogP contribution < -0.4 is 16.4 Å². The van der Waals surface area contributed by atoms with Crippen LogP contribution in [0.2, 0.25) is 0 Å². The summed E-state index contributed by atoms with van der Waals surface area (Å²) in [4.78, 5) is 22.8. The molecule has 0 aliphatic carbocycles. The van der Waals surface area contributed by atoms with Crippen LogP contribution in [0.25, 0.3) is 0 Å². The number of hydrogen-bond donors (Lipinski definition) is 3. The van der Waals surface area contributed by atoms with Gasteiger partial charge in [-0.15, -0.1) is 0 Å². The molecule has 2 rings (SSSR count). The Morgan fingerprint density at radius 2 is 1.71 bits per heavy atom. The average Bonchev–Trinajstić information content (AvgIpc) is 2.37. The van der Waals surface area contributed by atoms with Crippen LogP contribution in [-0.2, 0) is 0 Å². The topological polar surface area (TPSA) is 84.2 Å². The van der Waals surface area contributed by atoms with Gasteiger partial charge in [-0.2, -0.15) is 0 Å². The zero-order valence-corrected chi connectivity index (χ0v) is 11.3. The minimum absolute atomic E-state index is 0.0473. The van der Waals surface area contributed by atoms with E-state index < -0.39 is 17.8 Å². The van der Waals surface area contributed by atoms with E-state index in [1.807, 2.05) is 0 Å². The Kier molecular flexibility index (Phi) is 4.18. The van der Waals surface area contributed by atoms with Gasteiger partial charge >= 0.3 is 6.03 Å². The largest absolute Gasteiger partial charge is 0.351 e. The van der Waals surface area contributed by atoms with E-state index in [-0.39, 0.29) is 5.56 Å². The molecular weight excluding hydrogens is 273 g/mol. The number of hydrogen-bond acceptors (Lipinski definition) is 2. The van der Waals surface area contributed by atoms with Crippen molar-refractivity contribution in [3.63, 3.8) is 0 Å². The summed E-state index contributed by atoms with van der Waals surface area (Å²) in [6.45, 7) is 1.74. The zero-order valence-electron chi connectivity index (χ0n) is 11.3. The van der Waals surface area contributed by atoms with Gasteiger partial charge in [0.25, 0.3) is 5.91 Å². The fourth-order valence-corrected chi connectivity index (χ4v) is 1.82. The molecule has 108 valence electrons. The van der Waals surface area contributed by atoms with Crippen LogP contribution in [0.5, 0.6) is 0 Å². The van der Waals surface area contributed by atoms with E-state index in [9.17, 15) is 14.0 Å². The summed E-state index contributed by atoms with van der Waals surface area (Å²) in [5.74, 6) is -1.15. The van der Waals surface area contributed by atoms with Gasteiger partial charge in [-0.05, 0) is 42.8 Å². The minimum Gasteiger partial charge on any atom is -0.351 e. The summed E-state index contributed by atoms with van der Waals surface area (Å²) in [5.41, 5.74) is 6.56. The lowest BCUT2D eigenvalue weighted by Crippen LogP contribution is -2.19. The second-order valence-electron chi connectivity index (χ2n) is 4.51. The Morgan fingerprint density at radius 3 is 2.33 bits per heavy atom. The highest BCUT2D eigenvalue weighted by molar-refractivity contribution is 6.04. The minimum atomic E-state index is -0.706. The maximum atomic E-state index is 13.7. The highest BCUT2D eigenvalue weighted by Gasteiger charge is 2.12. The third-order valence-corrected chi connectivity index (χ3v) is 2.76. The molecule has 0 saturated carbocycles. The molecule has 0 unspecified atom stereocenters. The first kappa shape index (κ1) is 14.5. The summed E-state index contributed by atoms with van der Waals surface area (Å²) >= 11 is 0. The van der Waals surface area contributed by atoms with Gasteiger partial charge in [0.1, 0.15) is 5.82 Å². The van der Waals surface area contributed by atoms with E-state index in [0.717, 1.165) is 5.56 Å². The predicted molar refractivity (Wildman–Crippen MR) is 78.7 cm³/mol. The summed E-state index contributed by atoms with van der Waals surface area (Å²) < 4.78 is 13.7. The lowest BCUT2D eigenvalue weighted by molar-refractivity contribution is 0.102. The van der Waals surface area contributed by atoms with Crippen molar-refractivity contribution in [2.75, 3.05) is 10.6 Å². The fourth-order valence-electron chi connectivity index (χ4n) is 1.82. The number of urea groups is 1. The van der Waals surface area contributed by atoms with Crippen LogP contribution in [0.3, 0.4) is 0 Å². The number of amides is 3. The van der Waals surface area contributed by atoms with Crippen molar-refractivity contribution in [2.24, 2.45) is 5.73 Å². The summed E-state index contributed by atoms with van der Waals surface area (Å²) in [6, 6.07) is 10.1. The maximum absolute atomic E-state index is 13.7. The summed E-state index contributed by atoms with van der Waals surface area (Å²) in [7, 11) is 0. The van der Waals surface area contributed by atoms with Crippen molar-refractivity contribution in [3.05, 3.63) is 59.4 Å². The van der Waals surface area contributed by atoms with Crippen LogP contribution >= 0.6 is 0 Å². The molecule has 0 spiro atoms. The molecule has 6 heteroatoms. The Labute approximate surface area is 121 Å². The van der Waals surface area contributed by atoms with Gasteiger partial charge in [-0.3, -0.25) is 4.79 Å². The van der Waals surface area contributed by atoms with Gasteiger partial charge in [0.2, 0.25) is 0 Å². The van der Waals surface area contributed by atoms with Gasteiger partial charge in [0.15, 0.2) is 0 Å². The van der Waals surface area contributed by atoms with E-state index in [1.165, 1.54) is 18.2 Å². The molecular formula is C15H14FN3O2. The number of aryl methyl sites for hydroxylation is 1. The first-order chi connectivity index (χ1) is 9.95. The molecule has 0 saturated heterocycles. The van der Waals surface area contributed by atoms with Crippen LogP contribution in [0.1, 0.15) is 15.9 Å². The lowest BCUT2D eigenvalue weighted by atomic mass is 10.1. The van der Waals surface area contributed by atoms with Crippen molar-refractivity contribution < 1.29 is 14.0 Å². The number of primary amides is 1. The third kappa shape index (κ3) is 3.79. The first-order valence-corrected chi connectivity index (χ1v) is 6.20. The number of carbonyl (C=O) groups excluding carboxylic acids is 2. The van der Waals surface area contributed by atoms with Gasteiger partial charge in [0, 0.05) is 11.4 Å². The SMILES string of the molecule is Cc1ccc(C(=O)Nc2cccc(NC(N)=O)c2)c(F)c1. The molecule has 4 N–H and O–H groups in total. The normalized spacial score (nSPS) is 10.0. The predicted octanol–water partition coefficient (Wildman–Crippen LogP) is 2.88. The standard InChI is InChI=1S/C15H14FN3O2/c1-9-5-6-12(13(16)7-9)14(20)18-10-3-2-4-11(8-10)19-15(17)21/h2-8H,1H3,(H,18,20)(H3,17,19,21). The Morgan fingerprint density at radius 1 is 1.05 bits per heavy atom. The molecule has 0 fully saturated rings. The van der Waals surface area contributed by atoms with E-state index in [4.69, 9.17) is 5.73 Å². The quantitative estimate of drug-likeness (QED) is 0.811. The van der Waals surface area contributed by atoms with Crippen LogP contribution in [0.15, 0.2) is 42.5 Å².